The molecule has 2 heteroatoms. The van der Waals surface area contributed by atoms with E-state index in [-0.39, 0.29) is 5.82 Å². The third-order valence-electron chi connectivity index (χ3n) is 1.93. The van der Waals surface area contributed by atoms with Crippen LogP contribution in [0.3, 0.4) is 0 Å². The summed E-state index contributed by atoms with van der Waals surface area (Å²) >= 11 is 3.53. The number of allylic oxidation sites excluding steroid dienone is 3. The lowest BCUT2D eigenvalue weighted by molar-refractivity contribution is 0.626. The molecule has 0 nitrogen and oxygen atoms in total. The monoisotopic (exact) mass is 224 g/mol. The maximum atomic E-state index is 12.6. The van der Waals surface area contributed by atoms with E-state index < -0.39 is 0 Å². The van der Waals surface area contributed by atoms with E-state index in [1.807, 2.05) is 12.2 Å². The number of hydrogen-bond donors (Lipinski definition) is 1. The topological polar surface area (TPSA) is 0 Å². The molecule has 0 aliphatic rings. The van der Waals surface area contributed by atoms with Crippen LogP contribution in [0.15, 0.2) is 49.1 Å². The van der Waals surface area contributed by atoms with Gasteiger partial charge < -0.3 is 0 Å². The minimum Gasteiger partial charge on any atom is -0.207 e. The number of hydrogen-bond acceptors (Lipinski definition) is 1. The first-order valence-electron chi connectivity index (χ1n) is 4.73. The molecule has 1 rings (SSSR count). The van der Waals surface area contributed by atoms with Gasteiger partial charge in [-0.3, -0.25) is 0 Å². The summed E-state index contributed by atoms with van der Waals surface area (Å²) in [5, 5.41) is 0. The molecule has 1 aromatic carbocycles. The first-order valence-corrected chi connectivity index (χ1v) is 5.63. The lowest BCUT2D eigenvalue weighted by Crippen LogP contribution is -1.88. The molecule has 0 radical (unpaired) electrons. The highest BCUT2D eigenvalue weighted by molar-refractivity contribution is 7.79. The third kappa shape index (κ3) is 5.43. The summed E-state index contributed by atoms with van der Waals surface area (Å²) in [6.45, 7) is 5.66. The van der Waals surface area contributed by atoms with Crippen molar-refractivity contribution in [1.82, 2.24) is 0 Å². The van der Waals surface area contributed by atoms with Crippen LogP contribution in [0.25, 0.3) is 0 Å². The van der Waals surface area contributed by atoms with Gasteiger partial charge in [-0.25, -0.2) is 4.39 Å². The molecule has 1 unspecified atom stereocenters. The molecule has 0 saturated carbocycles. The van der Waals surface area contributed by atoms with E-state index >= 15 is 0 Å². The molecule has 82 valence electrons. The highest BCUT2D eigenvalue weighted by atomic mass is 32.1. The molecule has 0 spiro atoms. The zero-order chi connectivity index (χ0) is 11.7. The average Bonchev–Trinajstić information content (AvgIpc) is 2.29. The third-order valence-corrected chi connectivity index (χ3v) is 1.93. The van der Waals surface area contributed by atoms with E-state index in [2.05, 4.69) is 26.1 Å². The predicted octanol–water partition coefficient (Wildman–Crippen LogP) is 4.22. The van der Waals surface area contributed by atoms with Crippen molar-refractivity contribution in [2.75, 3.05) is 6.26 Å². The van der Waals surface area contributed by atoms with E-state index in [1.54, 1.807) is 24.5 Å². The molecule has 1 aromatic rings. The van der Waals surface area contributed by atoms with Gasteiger partial charge >= 0.3 is 0 Å². The largest absolute Gasteiger partial charge is 0.207 e. The van der Waals surface area contributed by atoms with Gasteiger partial charge in [-0.15, -0.1) is 0 Å². The molecule has 0 saturated heterocycles. The molecule has 0 fully saturated rings. The van der Waals surface area contributed by atoms with Crippen LogP contribution >= 0.6 is 12.6 Å². The Balaban J connectivity index is 0.000000921. The Morgan fingerprint density at radius 1 is 1.27 bits per heavy atom. The molecule has 1 atom stereocenters. The fraction of sp³-hybridized carbons (Fsp3) is 0.231. The van der Waals surface area contributed by atoms with Crippen LogP contribution in [0.2, 0.25) is 0 Å². The van der Waals surface area contributed by atoms with E-state index in [0.717, 1.165) is 5.56 Å². The van der Waals surface area contributed by atoms with E-state index in [9.17, 15) is 4.39 Å². The Morgan fingerprint density at radius 3 is 2.27 bits per heavy atom. The number of thiol groups is 1. The normalized spacial score (nSPS) is 11.7. The van der Waals surface area contributed by atoms with Crippen molar-refractivity contribution in [3.8, 4) is 0 Å². The molecule has 0 aromatic heterocycles. The maximum absolute atomic E-state index is 12.6. The second kappa shape index (κ2) is 8.30. The van der Waals surface area contributed by atoms with Crippen molar-refractivity contribution in [3.63, 3.8) is 0 Å². The predicted molar refractivity (Wildman–Crippen MR) is 69.1 cm³/mol. The molecule has 0 aliphatic carbocycles. The molecule has 0 heterocycles. The molecule has 0 N–H and O–H groups in total. The standard InChI is InChI=1S/C12H13F.CH4S/c1-3-4-5-10(2)11-6-8-12(13)9-7-11;1-2/h3-10H,1H2,2H3;2H,1H3/b5-4+;. The van der Waals surface area contributed by atoms with Crippen LogP contribution in [0.1, 0.15) is 18.4 Å². The summed E-state index contributed by atoms with van der Waals surface area (Å²) in [6, 6.07) is 6.56. The van der Waals surface area contributed by atoms with Gasteiger partial charge in [-0.1, -0.05) is 43.9 Å². The Hall–Kier alpha value is -1.02. The summed E-state index contributed by atoms with van der Waals surface area (Å²) in [5.74, 6) is 0.113. The van der Waals surface area contributed by atoms with Gasteiger partial charge in [0.25, 0.3) is 0 Å². The van der Waals surface area contributed by atoms with Gasteiger partial charge in [0.05, 0.1) is 0 Å². The van der Waals surface area contributed by atoms with E-state index in [0.29, 0.717) is 5.92 Å². The molecule has 0 bridgehead atoms. The summed E-state index contributed by atoms with van der Waals surface area (Å²) in [5.41, 5.74) is 1.11. The zero-order valence-electron chi connectivity index (χ0n) is 9.15. The smallest absolute Gasteiger partial charge is 0.123 e. The highest BCUT2D eigenvalue weighted by Crippen LogP contribution is 2.16. The second-order valence-corrected chi connectivity index (χ2v) is 2.96. The lowest BCUT2D eigenvalue weighted by atomic mass is 10.0. The van der Waals surface area contributed by atoms with E-state index in [1.165, 1.54) is 12.1 Å². The fourth-order valence-corrected chi connectivity index (χ4v) is 1.12. The number of rotatable bonds is 3. The quantitative estimate of drug-likeness (QED) is 0.577. The molecular weight excluding hydrogens is 207 g/mol. The Labute approximate surface area is 96.9 Å². The van der Waals surface area contributed by atoms with Crippen molar-refractivity contribution >= 4 is 12.6 Å². The van der Waals surface area contributed by atoms with Crippen LogP contribution in [-0.4, -0.2) is 6.26 Å². The van der Waals surface area contributed by atoms with Gasteiger partial charge in [0, 0.05) is 0 Å². The van der Waals surface area contributed by atoms with Crippen molar-refractivity contribution < 1.29 is 4.39 Å². The zero-order valence-corrected chi connectivity index (χ0v) is 10.0. The van der Waals surface area contributed by atoms with Crippen LogP contribution in [0, 0.1) is 5.82 Å². The first kappa shape index (κ1) is 14.0. The SMILES string of the molecule is C=C/C=C/C(C)c1ccc(F)cc1.CS. The molecular formula is C13H17FS. The average molecular weight is 224 g/mol. The van der Waals surface area contributed by atoms with Crippen LogP contribution in [0.5, 0.6) is 0 Å². The van der Waals surface area contributed by atoms with Crippen molar-refractivity contribution in [2.45, 2.75) is 12.8 Å². The molecule has 15 heavy (non-hydrogen) atoms. The van der Waals surface area contributed by atoms with Crippen molar-refractivity contribution in [3.05, 3.63) is 60.5 Å². The number of benzene rings is 1. The summed E-state index contributed by atoms with van der Waals surface area (Å²) in [7, 11) is 0. The summed E-state index contributed by atoms with van der Waals surface area (Å²) < 4.78 is 12.6. The Kier molecular flexibility index (Phi) is 7.74. The highest BCUT2D eigenvalue weighted by Gasteiger charge is 1.99. The van der Waals surface area contributed by atoms with E-state index in [4.69, 9.17) is 0 Å². The lowest BCUT2D eigenvalue weighted by Gasteiger charge is -2.05. The van der Waals surface area contributed by atoms with Crippen LogP contribution in [0.4, 0.5) is 4.39 Å². The van der Waals surface area contributed by atoms with Crippen molar-refractivity contribution in [2.24, 2.45) is 0 Å². The summed E-state index contributed by atoms with van der Waals surface area (Å²) in [4.78, 5) is 0. The first-order chi connectivity index (χ1) is 7.24. The van der Waals surface area contributed by atoms with Gasteiger partial charge in [0.1, 0.15) is 5.82 Å². The Bertz CT molecular complexity index is 301. The number of halogens is 1. The van der Waals surface area contributed by atoms with Gasteiger partial charge in [0.15, 0.2) is 0 Å². The summed E-state index contributed by atoms with van der Waals surface area (Å²) in [6.07, 6.45) is 7.36. The second-order valence-electron chi connectivity index (χ2n) is 2.96. The minimum atomic E-state index is -0.191. The van der Waals surface area contributed by atoms with Gasteiger partial charge in [0.2, 0.25) is 0 Å². The molecule has 0 amide bonds. The maximum Gasteiger partial charge on any atom is 0.123 e. The molecule has 0 aliphatic heterocycles. The Morgan fingerprint density at radius 2 is 1.80 bits per heavy atom. The van der Waals surface area contributed by atoms with Crippen molar-refractivity contribution in [1.29, 1.82) is 0 Å². The van der Waals surface area contributed by atoms with Gasteiger partial charge in [-0.05, 0) is 29.9 Å². The van der Waals surface area contributed by atoms with Crippen LogP contribution in [-0.2, 0) is 0 Å². The minimum absolute atomic E-state index is 0.191. The fourth-order valence-electron chi connectivity index (χ4n) is 1.12. The van der Waals surface area contributed by atoms with Crippen LogP contribution < -0.4 is 0 Å². The van der Waals surface area contributed by atoms with Gasteiger partial charge in [-0.2, -0.15) is 12.6 Å².